The number of hydrogen-bond donors (Lipinski definition) is 1. The first-order valence-electron chi connectivity index (χ1n) is 7.14. The van der Waals surface area contributed by atoms with Crippen LogP contribution in [0.5, 0.6) is 5.75 Å². The summed E-state index contributed by atoms with van der Waals surface area (Å²) in [6, 6.07) is 6.39. The van der Waals surface area contributed by atoms with E-state index in [4.69, 9.17) is 9.47 Å². The predicted octanol–water partition coefficient (Wildman–Crippen LogP) is 2.01. The fourth-order valence-corrected chi connectivity index (χ4v) is 2.98. The Morgan fingerprint density at radius 3 is 2.80 bits per heavy atom. The third kappa shape index (κ3) is 2.97. The summed E-state index contributed by atoms with van der Waals surface area (Å²) in [6.07, 6.45) is 1.48. The van der Waals surface area contributed by atoms with Gasteiger partial charge in [0.2, 0.25) is 0 Å². The van der Waals surface area contributed by atoms with Crippen molar-refractivity contribution in [2.45, 2.75) is 38.0 Å². The van der Waals surface area contributed by atoms with Crippen molar-refractivity contribution in [3.05, 3.63) is 29.3 Å². The lowest BCUT2D eigenvalue weighted by molar-refractivity contribution is 0.0107. The average Bonchev–Trinajstić information content (AvgIpc) is 2.47. The maximum atomic E-state index is 10.7. The van der Waals surface area contributed by atoms with Crippen LogP contribution in [0.25, 0.3) is 0 Å². The molecule has 4 nitrogen and oxygen atoms in total. The van der Waals surface area contributed by atoms with Gasteiger partial charge in [-0.3, -0.25) is 4.90 Å². The second-order valence-corrected chi connectivity index (χ2v) is 5.59. The van der Waals surface area contributed by atoms with Crippen molar-refractivity contribution in [2.75, 3.05) is 27.9 Å². The highest BCUT2D eigenvalue weighted by Crippen LogP contribution is 2.35. The quantitative estimate of drug-likeness (QED) is 0.895. The molecule has 20 heavy (non-hydrogen) atoms. The molecule has 0 saturated heterocycles. The number of benzene rings is 1. The van der Waals surface area contributed by atoms with E-state index >= 15 is 0 Å². The molecule has 3 atom stereocenters. The first-order valence-corrected chi connectivity index (χ1v) is 7.14. The molecule has 0 spiro atoms. The molecule has 112 valence electrons. The van der Waals surface area contributed by atoms with Crippen molar-refractivity contribution in [1.29, 1.82) is 0 Å². The Labute approximate surface area is 121 Å². The van der Waals surface area contributed by atoms with Gasteiger partial charge in [0.25, 0.3) is 0 Å². The maximum Gasteiger partial charge on any atom is 0.119 e. The normalized spacial score (nSPS) is 23.5. The average molecular weight is 279 g/mol. The molecule has 0 heterocycles. The highest BCUT2D eigenvalue weighted by Gasteiger charge is 2.32. The topological polar surface area (TPSA) is 41.9 Å². The first kappa shape index (κ1) is 15.3. The molecule has 3 unspecified atom stereocenters. The van der Waals surface area contributed by atoms with Crippen molar-refractivity contribution >= 4 is 0 Å². The van der Waals surface area contributed by atoms with E-state index in [1.807, 2.05) is 12.1 Å². The fraction of sp³-hybridized carbons (Fsp3) is 0.625. The molecule has 0 saturated carbocycles. The molecular formula is C16H25NO3. The van der Waals surface area contributed by atoms with Gasteiger partial charge in [-0.05, 0) is 50.1 Å². The zero-order valence-corrected chi connectivity index (χ0v) is 12.8. The van der Waals surface area contributed by atoms with Crippen molar-refractivity contribution in [2.24, 2.45) is 0 Å². The molecule has 0 aromatic heterocycles. The van der Waals surface area contributed by atoms with Crippen molar-refractivity contribution in [3.63, 3.8) is 0 Å². The number of nitrogens with zero attached hydrogens (tertiary/aromatic N) is 1. The second-order valence-electron chi connectivity index (χ2n) is 5.59. The third-order valence-electron chi connectivity index (χ3n) is 4.37. The summed E-state index contributed by atoms with van der Waals surface area (Å²) in [5, 5.41) is 10.7. The highest BCUT2D eigenvalue weighted by atomic mass is 16.5. The lowest BCUT2D eigenvalue weighted by Gasteiger charge is -2.39. The Bertz CT molecular complexity index is 449. The van der Waals surface area contributed by atoms with Gasteiger partial charge in [0.05, 0.1) is 19.8 Å². The Morgan fingerprint density at radius 1 is 1.40 bits per heavy atom. The van der Waals surface area contributed by atoms with Gasteiger partial charge in [0, 0.05) is 19.2 Å². The summed E-state index contributed by atoms with van der Waals surface area (Å²) in [7, 11) is 5.42. The molecular weight excluding hydrogens is 254 g/mol. The van der Waals surface area contributed by atoms with Crippen molar-refractivity contribution in [1.82, 2.24) is 4.90 Å². The van der Waals surface area contributed by atoms with Crippen LogP contribution in [0.3, 0.4) is 0 Å². The van der Waals surface area contributed by atoms with E-state index in [0.29, 0.717) is 6.61 Å². The van der Waals surface area contributed by atoms with E-state index in [-0.39, 0.29) is 12.1 Å². The Balaban J connectivity index is 2.19. The minimum atomic E-state index is -0.474. The molecule has 1 N–H and O–H groups in total. The number of fused-ring (bicyclic) bond motifs is 1. The minimum absolute atomic E-state index is 0.125. The van der Waals surface area contributed by atoms with Gasteiger partial charge in [0.1, 0.15) is 5.75 Å². The smallest absolute Gasteiger partial charge is 0.119 e. The number of hydrogen-bond acceptors (Lipinski definition) is 4. The number of aryl methyl sites for hydroxylation is 1. The van der Waals surface area contributed by atoms with E-state index in [0.717, 1.165) is 24.2 Å². The lowest BCUT2D eigenvalue weighted by Crippen LogP contribution is -2.46. The van der Waals surface area contributed by atoms with E-state index < -0.39 is 6.10 Å². The second kappa shape index (κ2) is 6.57. The van der Waals surface area contributed by atoms with Crippen LogP contribution in [0.4, 0.5) is 0 Å². The van der Waals surface area contributed by atoms with Crippen LogP contribution in [-0.2, 0) is 11.2 Å². The lowest BCUT2D eigenvalue weighted by atomic mass is 9.84. The molecule has 0 bridgehead atoms. The molecule has 4 heteroatoms. The molecule has 0 amide bonds. The van der Waals surface area contributed by atoms with Crippen LogP contribution in [0.2, 0.25) is 0 Å². The summed E-state index contributed by atoms with van der Waals surface area (Å²) in [4.78, 5) is 2.22. The van der Waals surface area contributed by atoms with E-state index in [1.165, 1.54) is 5.56 Å². The Kier molecular flexibility index (Phi) is 5.02. The van der Waals surface area contributed by atoms with Gasteiger partial charge >= 0.3 is 0 Å². The molecule has 1 aliphatic rings. The standard InChI is InChI=1S/C16H25NO3/c1-11(10-19-3)17(2)15-8-6-12-5-7-13(20-4)9-14(12)16(15)18/h5,7,9,11,15-16,18H,6,8,10H2,1-4H3. The zero-order chi connectivity index (χ0) is 14.7. The van der Waals surface area contributed by atoms with Gasteiger partial charge in [-0.25, -0.2) is 0 Å². The van der Waals surface area contributed by atoms with Crippen LogP contribution < -0.4 is 4.74 Å². The van der Waals surface area contributed by atoms with Crippen LogP contribution >= 0.6 is 0 Å². The number of aliphatic hydroxyl groups excluding tert-OH is 1. The molecule has 0 fully saturated rings. The largest absolute Gasteiger partial charge is 0.497 e. The Morgan fingerprint density at radius 2 is 2.15 bits per heavy atom. The summed E-state index contributed by atoms with van der Waals surface area (Å²) in [5.41, 5.74) is 2.22. The van der Waals surface area contributed by atoms with Crippen LogP contribution in [-0.4, -0.2) is 50.0 Å². The Hall–Kier alpha value is -1.10. The van der Waals surface area contributed by atoms with Gasteiger partial charge < -0.3 is 14.6 Å². The molecule has 0 radical (unpaired) electrons. The number of methoxy groups -OCH3 is 2. The third-order valence-corrected chi connectivity index (χ3v) is 4.37. The molecule has 2 rings (SSSR count). The number of rotatable bonds is 5. The summed E-state index contributed by atoms with van der Waals surface area (Å²) in [5.74, 6) is 0.802. The van der Waals surface area contributed by atoms with Crippen LogP contribution in [0.1, 0.15) is 30.6 Å². The first-order chi connectivity index (χ1) is 9.58. The van der Waals surface area contributed by atoms with E-state index in [2.05, 4.69) is 24.9 Å². The number of ether oxygens (including phenoxy) is 2. The fourth-order valence-electron chi connectivity index (χ4n) is 2.98. The van der Waals surface area contributed by atoms with Gasteiger partial charge in [-0.15, -0.1) is 0 Å². The zero-order valence-electron chi connectivity index (χ0n) is 12.8. The predicted molar refractivity (Wildman–Crippen MR) is 79.2 cm³/mol. The molecule has 1 aromatic carbocycles. The summed E-state index contributed by atoms with van der Waals surface area (Å²) < 4.78 is 10.5. The van der Waals surface area contributed by atoms with Gasteiger partial charge in [-0.1, -0.05) is 6.07 Å². The van der Waals surface area contributed by atoms with Crippen molar-refractivity contribution in [3.8, 4) is 5.75 Å². The van der Waals surface area contributed by atoms with Gasteiger partial charge in [-0.2, -0.15) is 0 Å². The molecule has 1 aliphatic carbocycles. The van der Waals surface area contributed by atoms with E-state index in [1.54, 1.807) is 14.2 Å². The molecule has 1 aromatic rings. The maximum absolute atomic E-state index is 10.7. The summed E-state index contributed by atoms with van der Waals surface area (Å²) in [6.45, 7) is 2.79. The monoisotopic (exact) mass is 279 g/mol. The highest BCUT2D eigenvalue weighted by molar-refractivity contribution is 5.39. The van der Waals surface area contributed by atoms with Crippen LogP contribution in [0.15, 0.2) is 18.2 Å². The minimum Gasteiger partial charge on any atom is -0.497 e. The number of aliphatic hydroxyl groups is 1. The summed E-state index contributed by atoms with van der Waals surface area (Å²) >= 11 is 0. The number of likely N-dealkylation sites (N-methyl/N-ethyl adjacent to an activating group) is 1. The van der Waals surface area contributed by atoms with E-state index in [9.17, 15) is 5.11 Å². The van der Waals surface area contributed by atoms with Crippen LogP contribution in [0, 0.1) is 0 Å². The van der Waals surface area contributed by atoms with Gasteiger partial charge in [0.15, 0.2) is 0 Å². The SMILES string of the molecule is COCC(C)N(C)C1CCc2ccc(OC)cc2C1O. The molecule has 0 aliphatic heterocycles. The van der Waals surface area contributed by atoms with Crippen molar-refractivity contribution < 1.29 is 14.6 Å².